The highest BCUT2D eigenvalue weighted by atomic mass is 35.5. The van der Waals surface area contributed by atoms with Crippen molar-refractivity contribution in [1.82, 2.24) is 10.2 Å². The van der Waals surface area contributed by atoms with Gasteiger partial charge in [0, 0.05) is 16.5 Å². The smallest absolute Gasteiger partial charge is 0.242 e. The van der Waals surface area contributed by atoms with Gasteiger partial charge in [0.2, 0.25) is 5.91 Å². The van der Waals surface area contributed by atoms with Crippen LogP contribution in [0, 0.1) is 11.3 Å². The van der Waals surface area contributed by atoms with Gasteiger partial charge in [0.1, 0.15) is 6.04 Å². The van der Waals surface area contributed by atoms with Crippen LogP contribution in [0.15, 0.2) is 24.3 Å². The summed E-state index contributed by atoms with van der Waals surface area (Å²) in [7, 11) is 0. The minimum atomic E-state index is -0.298. The number of nitrogens with zero attached hydrogens (tertiary/aromatic N) is 2. The quantitative estimate of drug-likeness (QED) is 0.860. The van der Waals surface area contributed by atoms with E-state index in [0.29, 0.717) is 22.4 Å². The second-order valence-corrected chi connectivity index (χ2v) is 7.45. The number of nitrogens with one attached hydrogen (secondary N) is 1. The number of halogens is 2. The molecule has 1 unspecified atom stereocenters. The van der Waals surface area contributed by atoms with E-state index in [9.17, 15) is 4.79 Å². The third kappa shape index (κ3) is 3.50. The summed E-state index contributed by atoms with van der Waals surface area (Å²) < 4.78 is 0. The van der Waals surface area contributed by atoms with Gasteiger partial charge in [-0.25, -0.2) is 0 Å². The van der Waals surface area contributed by atoms with E-state index in [1.54, 1.807) is 28.4 Å². The summed E-state index contributed by atoms with van der Waals surface area (Å²) in [6.07, 6.45) is 0. The largest absolute Gasteiger partial charge is 0.315 e. The van der Waals surface area contributed by atoms with E-state index in [2.05, 4.69) is 11.4 Å². The molecule has 22 heavy (non-hydrogen) atoms. The number of carbonyl (C=O) groups excluding carboxylic acids is 1. The predicted octanol–water partition coefficient (Wildman–Crippen LogP) is 2.89. The molecule has 0 radical (unpaired) electrons. The lowest BCUT2D eigenvalue weighted by atomic mass is 10.2. The Kier molecular flexibility index (Phi) is 6.30. The van der Waals surface area contributed by atoms with Gasteiger partial charge in [0.05, 0.1) is 23.4 Å². The molecule has 0 bridgehead atoms. The fraction of sp³-hybridized carbons (Fsp3) is 0.429. The molecule has 0 aromatic heterocycles. The van der Waals surface area contributed by atoms with Crippen LogP contribution in [0.5, 0.6) is 0 Å². The lowest BCUT2D eigenvalue weighted by Crippen LogP contribution is -2.47. The Hall–Kier alpha value is -0.580. The molecule has 2 aliphatic heterocycles. The van der Waals surface area contributed by atoms with Crippen molar-refractivity contribution in [1.29, 1.82) is 5.26 Å². The number of rotatable bonds is 2. The van der Waals surface area contributed by atoms with Gasteiger partial charge in [-0.1, -0.05) is 29.8 Å². The van der Waals surface area contributed by atoms with Crippen molar-refractivity contribution < 1.29 is 4.79 Å². The molecule has 1 N–H and O–H groups in total. The van der Waals surface area contributed by atoms with Crippen LogP contribution in [0.4, 0.5) is 0 Å². The summed E-state index contributed by atoms with van der Waals surface area (Å²) in [6, 6.07) is 9.33. The van der Waals surface area contributed by atoms with Gasteiger partial charge in [-0.05, 0) is 11.6 Å². The number of benzene rings is 1. The van der Waals surface area contributed by atoms with Gasteiger partial charge in [-0.3, -0.25) is 10.1 Å². The topological polar surface area (TPSA) is 56.1 Å². The fourth-order valence-corrected chi connectivity index (χ4v) is 5.11. The van der Waals surface area contributed by atoms with Gasteiger partial charge in [0.25, 0.3) is 0 Å². The second kappa shape index (κ2) is 7.80. The first-order chi connectivity index (χ1) is 10.2. The monoisotopic (exact) mass is 375 g/mol. The molecule has 3 atom stereocenters. The molecule has 1 aromatic rings. The first-order valence-electron chi connectivity index (χ1n) is 6.60. The Morgan fingerprint density at radius 2 is 2.18 bits per heavy atom. The van der Waals surface area contributed by atoms with E-state index < -0.39 is 0 Å². The molecule has 1 amide bonds. The van der Waals surface area contributed by atoms with E-state index in [4.69, 9.17) is 16.9 Å². The summed E-state index contributed by atoms with van der Waals surface area (Å²) >= 11 is 9.52. The van der Waals surface area contributed by atoms with Gasteiger partial charge in [0.15, 0.2) is 0 Å². The molecule has 3 rings (SSSR count). The Bertz CT molecular complexity index is 596. The number of hydrogen-bond donors (Lipinski definition) is 1. The third-order valence-corrected chi connectivity index (χ3v) is 6.19. The Balaban J connectivity index is 0.00000176. The predicted molar refractivity (Wildman–Crippen MR) is 94.4 cm³/mol. The average molecular weight is 376 g/mol. The van der Waals surface area contributed by atoms with E-state index in [1.165, 1.54) is 0 Å². The summed E-state index contributed by atoms with van der Waals surface area (Å²) in [5.74, 6) is 2.04. The van der Waals surface area contributed by atoms with E-state index in [1.807, 2.05) is 24.3 Å². The maximum atomic E-state index is 12.5. The zero-order valence-corrected chi connectivity index (χ0v) is 14.8. The van der Waals surface area contributed by atoms with Crippen LogP contribution in [0.1, 0.15) is 10.9 Å². The molecule has 2 fully saturated rings. The van der Waals surface area contributed by atoms with E-state index in [-0.39, 0.29) is 35.8 Å². The molecule has 0 saturated carbocycles. The van der Waals surface area contributed by atoms with Crippen LogP contribution >= 0.6 is 47.5 Å². The molecule has 2 aliphatic rings. The Labute approximate surface area is 149 Å². The molecule has 8 heteroatoms. The molecule has 1 aromatic carbocycles. The molecule has 0 spiro atoms. The number of amides is 1. The molecular formula is C14H15Cl2N3OS2. The van der Waals surface area contributed by atoms with Crippen molar-refractivity contribution in [2.75, 3.05) is 17.4 Å². The summed E-state index contributed by atoms with van der Waals surface area (Å²) in [6.45, 7) is 0. The first-order valence-corrected chi connectivity index (χ1v) is 9.19. The van der Waals surface area contributed by atoms with Gasteiger partial charge >= 0.3 is 0 Å². The molecular weight excluding hydrogens is 361 g/mol. The van der Waals surface area contributed by atoms with Crippen molar-refractivity contribution >= 4 is 53.4 Å². The van der Waals surface area contributed by atoms with Crippen molar-refractivity contribution in [3.63, 3.8) is 0 Å². The minimum absolute atomic E-state index is 0. The van der Waals surface area contributed by atoms with Crippen molar-refractivity contribution in [2.45, 2.75) is 17.5 Å². The molecule has 0 aliphatic carbocycles. The fourth-order valence-electron chi connectivity index (χ4n) is 2.45. The molecule has 2 saturated heterocycles. The lowest BCUT2D eigenvalue weighted by molar-refractivity contribution is -0.132. The van der Waals surface area contributed by atoms with Crippen molar-refractivity contribution in [3.05, 3.63) is 34.9 Å². The van der Waals surface area contributed by atoms with Crippen LogP contribution in [0.2, 0.25) is 5.02 Å². The SMILES string of the molecule is Cl.N#C[C@@H]1CSCN1C(=O)[C@@H]1CSC(c2ccccc2Cl)N1. The highest BCUT2D eigenvalue weighted by Gasteiger charge is 2.38. The average Bonchev–Trinajstić information content (AvgIpc) is 3.16. The van der Waals surface area contributed by atoms with Crippen LogP contribution in [-0.4, -0.2) is 40.3 Å². The van der Waals surface area contributed by atoms with Crippen molar-refractivity contribution in [2.24, 2.45) is 0 Å². The minimum Gasteiger partial charge on any atom is -0.315 e. The summed E-state index contributed by atoms with van der Waals surface area (Å²) in [4.78, 5) is 14.2. The summed E-state index contributed by atoms with van der Waals surface area (Å²) in [5, 5.41) is 13.2. The number of nitriles is 1. The number of hydrogen-bond acceptors (Lipinski definition) is 5. The highest BCUT2D eigenvalue weighted by molar-refractivity contribution is 8.00. The zero-order valence-electron chi connectivity index (χ0n) is 11.6. The maximum absolute atomic E-state index is 12.5. The van der Waals surface area contributed by atoms with Crippen molar-refractivity contribution in [3.8, 4) is 6.07 Å². The molecule has 4 nitrogen and oxygen atoms in total. The number of thioether (sulfide) groups is 2. The third-order valence-electron chi connectivity index (χ3n) is 3.58. The standard InChI is InChI=1S/C14H14ClN3OS2.ClH/c15-11-4-2-1-3-10(11)13-17-12(7-21-13)14(19)18-8-20-6-9(18)5-16;/h1-4,9,12-13,17H,6-8H2;1H/t9-,12+,13?;/m1./s1. The Morgan fingerprint density at radius 1 is 1.41 bits per heavy atom. The van der Waals surface area contributed by atoms with Crippen LogP contribution in [-0.2, 0) is 4.79 Å². The van der Waals surface area contributed by atoms with Gasteiger partial charge < -0.3 is 4.90 Å². The normalized spacial score (nSPS) is 27.3. The van der Waals surface area contributed by atoms with Gasteiger partial charge in [-0.15, -0.1) is 35.9 Å². The van der Waals surface area contributed by atoms with Crippen LogP contribution < -0.4 is 5.32 Å². The maximum Gasteiger partial charge on any atom is 0.242 e. The van der Waals surface area contributed by atoms with Crippen LogP contribution in [0.3, 0.4) is 0 Å². The zero-order chi connectivity index (χ0) is 14.8. The summed E-state index contributed by atoms with van der Waals surface area (Å²) in [5.41, 5.74) is 1.01. The van der Waals surface area contributed by atoms with E-state index >= 15 is 0 Å². The molecule has 118 valence electrons. The van der Waals surface area contributed by atoms with E-state index in [0.717, 1.165) is 5.56 Å². The first kappa shape index (κ1) is 17.8. The number of carbonyl (C=O) groups is 1. The van der Waals surface area contributed by atoms with Crippen LogP contribution in [0.25, 0.3) is 0 Å². The van der Waals surface area contributed by atoms with Gasteiger partial charge in [-0.2, -0.15) is 5.26 Å². The highest BCUT2D eigenvalue weighted by Crippen LogP contribution is 2.37. The second-order valence-electron chi connectivity index (χ2n) is 4.91. The molecule has 2 heterocycles. The Morgan fingerprint density at radius 3 is 2.91 bits per heavy atom. The lowest BCUT2D eigenvalue weighted by Gasteiger charge is -2.22.